The SMILES string of the molecule is CCNC(=O)OCC[Si](C)(C)C. The summed E-state index contributed by atoms with van der Waals surface area (Å²) in [5, 5.41) is 2.59. The van der Waals surface area contributed by atoms with Crippen LogP contribution in [0.1, 0.15) is 6.92 Å². The third kappa shape index (κ3) is 7.59. The molecule has 4 heteroatoms. The van der Waals surface area contributed by atoms with E-state index < -0.39 is 8.07 Å². The summed E-state index contributed by atoms with van der Waals surface area (Å²) in [5.74, 6) is 0. The largest absolute Gasteiger partial charge is 0.450 e. The van der Waals surface area contributed by atoms with Crippen molar-refractivity contribution in [1.29, 1.82) is 0 Å². The molecule has 0 saturated carbocycles. The van der Waals surface area contributed by atoms with Gasteiger partial charge in [0, 0.05) is 14.6 Å². The van der Waals surface area contributed by atoms with Gasteiger partial charge in [-0.15, -0.1) is 0 Å². The van der Waals surface area contributed by atoms with Crippen molar-refractivity contribution in [2.24, 2.45) is 0 Å². The molecule has 0 atom stereocenters. The number of ether oxygens (including phenoxy) is 1. The first-order valence-corrected chi connectivity index (χ1v) is 8.07. The zero-order chi connectivity index (χ0) is 9.61. The summed E-state index contributed by atoms with van der Waals surface area (Å²) in [7, 11) is -1.05. The standard InChI is InChI=1S/C8H19NO2Si/c1-5-9-8(10)11-6-7-12(2,3)4/h5-7H2,1-4H3,(H,9,10). The highest BCUT2D eigenvalue weighted by Crippen LogP contribution is 2.07. The Bertz CT molecular complexity index is 142. The van der Waals surface area contributed by atoms with Gasteiger partial charge in [0.15, 0.2) is 0 Å². The van der Waals surface area contributed by atoms with Crippen LogP contribution in [0.5, 0.6) is 0 Å². The highest BCUT2D eigenvalue weighted by Gasteiger charge is 2.13. The van der Waals surface area contributed by atoms with Crippen molar-refractivity contribution >= 4 is 14.2 Å². The van der Waals surface area contributed by atoms with Crippen molar-refractivity contribution in [3.8, 4) is 0 Å². The van der Waals surface area contributed by atoms with E-state index in [0.29, 0.717) is 13.2 Å². The van der Waals surface area contributed by atoms with Crippen LogP contribution >= 0.6 is 0 Å². The molecule has 1 N–H and O–H groups in total. The molecule has 0 unspecified atom stereocenters. The van der Waals surface area contributed by atoms with Gasteiger partial charge < -0.3 is 10.1 Å². The van der Waals surface area contributed by atoms with E-state index in [4.69, 9.17) is 4.74 Å². The quantitative estimate of drug-likeness (QED) is 0.688. The number of nitrogens with one attached hydrogen (secondary N) is 1. The molecular weight excluding hydrogens is 170 g/mol. The average molecular weight is 189 g/mol. The lowest BCUT2D eigenvalue weighted by molar-refractivity contribution is 0.152. The zero-order valence-electron chi connectivity index (χ0n) is 8.44. The second-order valence-electron chi connectivity index (χ2n) is 3.98. The summed E-state index contributed by atoms with van der Waals surface area (Å²) < 4.78 is 4.94. The third-order valence-corrected chi connectivity index (χ3v) is 3.11. The fourth-order valence-electron chi connectivity index (χ4n) is 0.645. The molecule has 0 radical (unpaired) electrons. The van der Waals surface area contributed by atoms with E-state index in [1.807, 2.05) is 6.92 Å². The van der Waals surface area contributed by atoms with Crippen molar-refractivity contribution in [1.82, 2.24) is 5.32 Å². The lowest BCUT2D eigenvalue weighted by Crippen LogP contribution is -2.27. The Kier molecular flexibility index (Phi) is 4.97. The van der Waals surface area contributed by atoms with E-state index in [1.54, 1.807) is 0 Å². The van der Waals surface area contributed by atoms with Gasteiger partial charge in [-0.05, 0) is 13.0 Å². The molecule has 0 aromatic rings. The molecule has 0 rings (SSSR count). The molecule has 0 heterocycles. The van der Waals surface area contributed by atoms with E-state index in [2.05, 4.69) is 25.0 Å². The number of carbonyl (C=O) groups is 1. The number of amides is 1. The molecule has 0 aliphatic heterocycles. The molecule has 12 heavy (non-hydrogen) atoms. The lowest BCUT2D eigenvalue weighted by Gasteiger charge is -2.15. The first-order chi connectivity index (χ1) is 5.45. The van der Waals surface area contributed by atoms with Gasteiger partial charge in [0.1, 0.15) is 0 Å². The molecule has 0 aliphatic carbocycles. The number of hydrogen-bond donors (Lipinski definition) is 1. The normalized spacial score (nSPS) is 11.0. The Morgan fingerprint density at radius 2 is 2.00 bits per heavy atom. The lowest BCUT2D eigenvalue weighted by atomic mass is 10.7. The fourth-order valence-corrected chi connectivity index (χ4v) is 1.36. The monoisotopic (exact) mass is 189 g/mol. The van der Waals surface area contributed by atoms with Crippen molar-refractivity contribution in [3.63, 3.8) is 0 Å². The molecule has 0 aliphatic rings. The molecule has 0 saturated heterocycles. The molecule has 0 spiro atoms. The maximum Gasteiger partial charge on any atom is 0.407 e. The van der Waals surface area contributed by atoms with E-state index >= 15 is 0 Å². The van der Waals surface area contributed by atoms with Crippen molar-refractivity contribution < 1.29 is 9.53 Å². The van der Waals surface area contributed by atoms with Gasteiger partial charge in [0.2, 0.25) is 0 Å². The summed E-state index contributed by atoms with van der Waals surface area (Å²) in [6, 6.07) is 1.03. The molecule has 0 bridgehead atoms. The summed E-state index contributed by atoms with van der Waals surface area (Å²) in [6.07, 6.45) is -0.296. The minimum atomic E-state index is -1.05. The maximum absolute atomic E-state index is 10.8. The van der Waals surface area contributed by atoms with Crippen LogP contribution in [0.25, 0.3) is 0 Å². The maximum atomic E-state index is 10.8. The van der Waals surface area contributed by atoms with E-state index in [1.165, 1.54) is 0 Å². The highest BCUT2D eigenvalue weighted by molar-refractivity contribution is 6.76. The Balaban J connectivity index is 3.37. The minimum Gasteiger partial charge on any atom is -0.450 e. The summed E-state index contributed by atoms with van der Waals surface area (Å²) in [6.45, 7) is 9.84. The van der Waals surface area contributed by atoms with Crippen molar-refractivity contribution in [3.05, 3.63) is 0 Å². The van der Waals surface area contributed by atoms with Crippen molar-refractivity contribution in [2.75, 3.05) is 13.2 Å². The van der Waals surface area contributed by atoms with Crippen LogP contribution in [-0.4, -0.2) is 27.3 Å². The predicted molar refractivity (Wildman–Crippen MR) is 53.2 cm³/mol. The van der Waals surface area contributed by atoms with Crippen LogP contribution in [0, 0.1) is 0 Å². The van der Waals surface area contributed by atoms with Crippen LogP contribution in [0.4, 0.5) is 4.79 Å². The molecular formula is C8H19NO2Si. The molecule has 0 fully saturated rings. The zero-order valence-corrected chi connectivity index (χ0v) is 9.44. The molecule has 3 nitrogen and oxygen atoms in total. The van der Waals surface area contributed by atoms with Gasteiger partial charge in [-0.3, -0.25) is 0 Å². The second-order valence-corrected chi connectivity index (χ2v) is 9.60. The van der Waals surface area contributed by atoms with E-state index in [0.717, 1.165) is 6.04 Å². The third-order valence-electron chi connectivity index (χ3n) is 1.41. The summed E-state index contributed by atoms with van der Waals surface area (Å²) >= 11 is 0. The van der Waals surface area contributed by atoms with Gasteiger partial charge in [0.25, 0.3) is 0 Å². The summed E-state index contributed by atoms with van der Waals surface area (Å²) in [4.78, 5) is 10.8. The van der Waals surface area contributed by atoms with Crippen LogP contribution in [0.15, 0.2) is 0 Å². The Morgan fingerprint density at radius 3 is 2.42 bits per heavy atom. The minimum absolute atomic E-state index is 0.296. The summed E-state index contributed by atoms with van der Waals surface area (Å²) in [5.41, 5.74) is 0. The average Bonchev–Trinajstić information content (AvgIpc) is 1.84. The first-order valence-electron chi connectivity index (χ1n) is 4.36. The topological polar surface area (TPSA) is 38.3 Å². The predicted octanol–water partition coefficient (Wildman–Crippen LogP) is 2.07. The van der Waals surface area contributed by atoms with Gasteiger partial charge in [0.05, 0.1) is 6.61 Å². The van der Waals surface area contributed by atoms with Crippen LogP contribution in [0.2, 0.25) is 25.7 Å². The Morgan fingerprint density at radius 1 is 1.42 bits per heavy atom. The Labute approximate surface area is 75.5 Å². The van der Waals surface area contributed by atoms with Gasteiger partial charge in [-0.2, -0.15) is 0 Å². The number of hydrogen-bond acceptors (Lipinski definition) is 2. The van der Waals surface area contributed by atoms with Crippen LogP contribution < -0.4 is 5.32 Å². The van der Waals surface area contributed by atoms with E-state index in [9.17, 15) is 4.79 Å². The second kappa shape index (κ2) is 5.19. The molecule has 1 amide bonds. The molecule has 0 aromatic carbocycles. The number of carbonyl (C=O) groups excluding carboxylic acids is 1. The number of alkyl carbamates (subject to hydrolysis) is 1. The smallest absolute Gasteiger partial charge is 0.407 e. The van der Waals surface area contributed by atoms with Gasteiger partial charge in [-0.25, -0.2) is 4.79 Å². The molecule has 72 valence electrons. The van der Waals surface area contributed by atoms with Gasteiger partial charge >= 0.3 is 6.09 Å². The van der Waals surface area contributed by atoms with Crippen LogP contribution in [0.3, 0.4) is 0 Å². The van der Waals surface area contributed by atoms with Gasteiger partial charge in [-0.1, -0.05) is 19.6 Å². The Hall–Kier alpha value is -0.513. The first kappa shape index (κ1) is 11.5. The van der Waals surface area contributed by atoms with Crippen LogP contribution in [-0.2, 0) is 4.74 Å². The highest BCUT2D eigenvalue weighted by atomic mass is 28.3. The molecule has 0 aromatic heterocycles. The fraction of sp³-hybridized carbons (Fsp3) is 0.875. The van der Waals surface area contributed by atoms with Crippen molar-refractivity contribution in [2.45, 2.75) is 32.6 Å². The number of rotatable bonds is 4. The van der Waals surface area contributed by atoms with E-state index in [-0.39, 0.29) is 6.09 Å².